The zero-order valence-electron chi connectivity index (χ0n) is 11.0. The molecule has 6 heteroatoms. The van der Waals surface area contributed by atoms with Crippen LogP contribution in [-0.4, -0.2) is 23.3 Å². The van der Waals surface area contributed by atoms with Crippen LogP contribution < -0.4 is 4.90 Å². The summed E-state index contributed by atoms with van der Waals surface area (Å²) in [6.45, 7) is 1.82. The van der Waals surface area contributed by atoms with Gasteiger partial charge in [0.2, 0.25) is 0 Å². The molecule has 20 heavy (non-hydrogen) atoms. The molecule has 0 aliphatic rings. The van der Waals surface area contributed by atoms with Crippen molar-refractivity contribution in [2.75, 3.05) is 11.9 Å². The Bertz CT molecular complexity index is 636. The molecule has 0 saturated heterocycles. The fraction of sp³-hybridized carbons (Fsp3) is 0.214. The first-order valence-corrected chi connectivity index (χ1v) is 6.37. The lowest BCUT2D eigenvalue weighted by Crippen LogP contribution is -2.25. The van der Waals surface area contributed by atoms with Gasteiger partial charge >= 0.3 is 0 Å². The molecule has 0 N–H and O–H groups in total. The largest absolute Gasteiger partial charge is 0.352 e. The number of nitrogens with zero attached hydrogens (tertiary/aromatic N) is 3. The Morgan fingerprint density at radius 1 is 1.35 bits per heavy atom. The first-order valence-electron chi connectivity index (χ1n) is 5.99. The lowest BCUT2D eigenvalue weighted by Gasteiger charge is -2.27. The van der Waals surface area contributed by atoms with Gasteiger partial charge in [-0.1, -0.05) is 29.8 Å². The van der Waals surface area contributed by atoms with E-state index < -0.39 is 0 Å². The zero-order chi connectivity index (χ0) is 14.7. The molecule has 0 radical (unpaired) electrons. The summed E-state index contributed by atoms with van der Waals surface area (Å²) >= 11 is 5.87. The topological polar surface area (TPSA) is 46.1 Å². The molecule has 104 valence electrons. The van der Waals surface area contributed by atoms with Crippen molar-refractivity contribution in [1.82, 2.24) is 9.97 Å². The number of hydrogen-bond donors (Lipinski definition) is 0. The van der Waals surface area contributed by atoms with E-state index in [1.54, 1.807) is 30.1 Å². The summed E-state index contributed by atoms with van der Waals surface area (Å²) in [5.74, 6) is 0.0652. The quantitative estimate of drug-likeness (QED) is 0.641. The Hall–Kier alpha value is -2.01. The van der Waals surface area contributed by atoms with Gasteiger partial charge in [0.1, 0.15) is 23.1 Å². The first kappa shape index (κ1) is 14.4. The van der Waals surface area contributed by atoms with Crippen LogP contribution in [0.4, 0.5) is 10.2 Å². The van der Waals surface area contributed by atoms with Crippen LogP contribution in [0.15, 0.2) is 30.6 Å². The van der Waals surface area contributed by atoms with E-state index in [2.05, 4.69) is 9.97 Å². The van der Waals surface area contributed by atoms with Gasteiger partial charge in [0.15, 0.2) is 6.29 Å². The van der Waals surface area contributed by atoms with E-state index in [1.807, 2.05) is 6.92 Å². The molecule has 0 fully saturated rings. The van der Waals surface area contributed by atoms with E-state index in [0.29, 0.717) is 17.7 Å². The summed E-state index contributed by atoms with van der Waals surface area (Å²) < 4.78 is 13.8. The fourth-order valence-electron chi connectivity index (χ4n) is 1.95. The molecule has 0 aliphatic heterocycles. The van der Waals surface area contributed by atoms with Crippen molar-refractivity contribution in [2.24, 2.45) is 0 Å². The number of rotatable bonds is 4. The molecule has 0 aliphatic carbocycles. The van der Waals surface area contributed by atoms with Gasteiger partial charge in [-0.15, -0.1) is 0 Å². The highest BCUT2D eigenvalue weighted by molar-refractivity contribution is 6.32. The van der Waals surface area contributed by atoms with E-state index in [1.165, 1.54) is 12.4 Å². The molecule has 1 atom stereocenters. The molecule has 1 unspecified atom stereocenters. The summed E-state index contributed by atoms with van der Waals surface area (Å²) in [4.78, 5) is 20.6. The molecule has 1 aromatic heterocycles. The highest BCUT2D eigenvalue weighted by atomic mass is 35.5. The second-order valence-corrected chi connectivity index (χ2v) is 4.69. The maximum absolute atomic E-state index is 13.8. The van der Waals surface area contributed by atoms with Crippen molar-refractivity contribution in [3.63, 3.8) is 0 Å². The van der Waals surface area contributed by atoms with E-state index in [9.17, 15) is 9.18 Å². The number of anilines is 1. The third kappa shape index (κ3) is 2.63. The number of aromatic nitrogens is 2. The van der Waals surface area contributed by atoms with Crippen LogP contribution in [0.2, 0.25) is 5.15 Å². The van der Waals surface area contributed by atoms with Crippen LogP contribution in [-0.2, 0) is 0 Å². The van der Waals surface area contributed by atoms with Gasteiger partial charge in [0.25, 0.3) is 0 Å². The van der Waals surface area contributed by atoms with Crippen LogP contribution in [0, 0.1) is 5.82 Å². The van der Waals surface area contributed by atoms with Crippen LogP contribution >= 0.6 is 11.6 Å². The summed E-state index contributed by atoms with van der Waals surface area (Å²) in [6, 6.07) is 6.17. The van der Waals surface area contributed by atoms with E-state index in [4.69, 9.17) is 11.6 Å². The van der Waals surface area contributed by atoms with Crippen molar-refractivity contribution in [1.29, 1.82) is 0 Å². The van der Waals surface area contributed by atoms with Crippen molar-refractivity contribution in [3.05, 3.63) is 52.7 Å². The third-order valence-electron chi connectivity index (χ3n) is 3.20. The van der Waals surface area contributed by atoms with Gasteiger partial charge < -0.3 is 4.90 Å². The predicted octanol–water partition coefficient (Wildman–Crippen LogP) is 3.28. The number of aldehydes is 1. The van der Waals surface area contributed by atoms with E-state index >= 15 is 0 Å². The smallest absolute Gasteiger partial charge is 0.156 e. The first-order chi connectivity index (χ1) is 9.56. The molecule has 0 amide bonds. The molecule has 2 aromatic rings. The highest BCUT2D eigenvalue weighted by Gasteiger charge is 2.20. The Morgan fingerprint density at radius 3 is 2.70 bits per heavy atom. The molecule has 0 bridgehead atoms. The fourth-order valence-corrected chi connectivity index (χ4v) is 2.13. The number of hydrogen-bond acceptors (Lipinski definition) is 4. The van der Waals surface area contributed by atoms with Crippen LogP contribution in [0.5, 0.6) is 0 Å². The summed E-state index contributed by atoms with van der Waals surface area (Å²) in [5, 5.41) is 0.0811. The number of halogens is 2. The van der Waals surface area contributed by atoms with Gasteiger partial charge in [0, 0.05) is 12.6 Å². The van der Waals surface area contributed by atoms with Crippen LogP contribution in [0.25, 0.3) is 0 Å². The second-order valence-electron chi connectivity index (χ2n) is 4.33. The minimum atomic E-state index is -0.306. The van der Waals surface area contributed by atoms with E-state index in [-0.39, 0.29) is 22.6 Å². The zero-order valence-corrected chi connectivity index (χ0v) is 11.8. The minimum Gasteiger partial charge on any atom is -0.352 e. The maximum atomic E-state index is 13.8. The number of carbonyl (C=O) groups is 1. The molecule has 1 aromatic carbocycles. The van der Waals surface area contributed by atoms with Crippen molar-refractivity contribution in [3.8, 4) is 0 Å². The van der Waals surface area contributed by atoms with Gasteiger partial charge in [-0.3, -0.25) is 4.79 Å². The lowest BCUT2D eigenvalue weighted by atomic mass is 10.1. The normalized spacial score (nSPS) is 12.0. The molecular weight excluding hydrogens is 281 g/mol. The predicted molar refractivity (Wildman–Crippen MR) is 75.6 cm³/mol. The average Bonchev–Trinajstić information content (AvgIpc) is 2.46. The van der Waals surface area contributed by atoms with Gasteiger partial charge in [-0.05, 0) is 13.0 Å². The minimum absolute atomic E-state index is 0.0811. The third-order valence-corrected chi connectivity index (χ3v) is 3.50. The van der Waals surface area contributed by atoms with Crippen LogP contribution in [0.3, 0.4) is 0 Å². The Morgan fingerprint density at radius 2 is 2.05 bits per heavy atom. The van der Waals surface area contributed by atoms with Crippen LogP contribution in [0.1, 0.15) is 28.9 Å². The van der Waals surface area contributed by atoms with Crippen molar-refractivity contribution >= 4 is 23.7 Å². The maximum Gasteiger partial charge on any atom is 0.156 e. The van der Waals surface area contributed by atoms with Gasteiger partial charge in [-0.2, -0.15) is 0 Å². The molecule has 4 nitrogen and oxygen atoms in total. The highest BCUT2D eigenvalue weighted by Crippen LogP contribution is 2.29. The Kier molecular flexibility index (Phi) is 4.29. The van der Waals surface area contributed by atoms with E-state index in [0.717, 1.165) is 0 Å². The Labute approximate surface area is 121 Å². The monoisotopic (exact) mass is 293 g/mol. The Balaban J connectivity index is 2.41. The number of carbonyl (C=O) groups excluding carboxylic acids is 1. The van der Waals surface area contributed by atoms with Gasteiger partial charge in [0.05, 0.1) is 11.6 Å². The summed E-state index contributed by atoms with van der Waals surface area (Å²) in [5.41, 5.74) is 0.710. The SMILES string of the molecule is CC(c1ccccc1F)N(C)c1ncnc(Cl)c1C=O. The van der Waals surface area contributed by atoms with Crippen molar-refractivity contribution < 1.29 is 9.18 Å². The molecule has 2 rings (SSSR count). The van der Waals surface area contributed by atoms with Gasteiger partial charge in [-0.25, -0.2) is 14.4 Å². The standard InChI is InChI=1S/C14H13ClFN3O/c1-9(10-5-3-4-6-12(10)16)19(2)14-11(7-20)13(15)17-8-18-14/h3-9H,1-2H3. The molecular formula is C14H13ClFN3O. The average molecular weight is 294 g/mol. The second kappa shape index (κ2) is 5.96. The lowest BCUT2D eigenvalue weighted by molar-refractivity contribution is 0.112. The summed E-state index contributed by atoms with van der Waals surface area (Å²) in [7, 11) is 1.72. The van der Waals surface area contributed by atoms with Crippen molar-refractivity contribution in [2.45, 2.75) is 13.0 Å². The summed E-state index contributed by atoms with van der Waals surface area (Å²) in [6.07, 6.45) is 1.87. The molecule has 0 saturated carbocycles. The molecule has 1 heterocycles. The number of benzene rings is 1. The molecule has 0 spiro atoms.